The van der Waals surface area contributed by atoms with Crippen LogP contribution in [-0.4, -0.2) is 38.9 Å². The van der Waals surface area contributed by atoms with E-state index in [0.29, 0.717) is 19.0 Å². The van der Waals surface area contributed by atoms with Gasteiger partial charge in [-0.05, 0) is 26.2 Å². The highest BCUT2D eigenvalue weighted by atomic mass is 16.2. The monoisotopic (exact) mass is 318 g/mol. The summed E-state index contributed by atoms with van der Waals surface area (Å²) in [5, 5.41) is 3.05. The summed E-state index contributed by atoms with van der Waals surface area (Å²) in [4.78, 5) is 30.9. The molecule has 1 saturated carbocycles. The second-order valence-electron chi connectivity index (χ2n) is 7.02. The smallest absolute Gasteiger partial charge is 0.226 e. The Labute approximate surface area is 137 Å². The number of nitrogens with zero attached hydrogens (tertiary/aromatic N) is 3. The lowest BCUT2D eigenvalue weighted by Gasteiger charge is -2.34. The van der Waals surface area contributed by atoms with E-state index in [-0.39, 0.29) is 23.8 Å². The zero-order chi connectivity index (χ0) is 16.6. The zero-order valence-corrected chi connectivity index (χ0v) is 14.2. The molecule has 23 heavy (non-hydrogen) atoms. The van der Waals surface area contributed by atoms with Crippen LogP contribution in [-0.2, 0) is 22.6 Å². The summed E-state index contributed by atoms with van der Waals surface area (Å²) in [7, 11) is 0. The van der Waals surface area contributed by atoms with Crippen LogP contribution in [0.2, 0.25) is 0 Å². The predicted octanol–water partition coefficient (Wildman–Crippen LogP) is 1.65. The molecule has 2 amide bonds. The lowest BCUT2D eigenvalue weighted by atomic mass is 9.93. The Hall–Kier alpha value is -1.85. The van der Waals surface area contributed by atoms with Crippen LogP contribution in [0.5, 0.6) is 0 Å². The number of fused-ring (bicyclic) bond motifs is 1. The maximum atomic E-state index is 12.3. The van der Waals surface area contributed by atoms with Gasteiger partial charge < -0.3 is 14.8 Å². The fourth-order valence-electron chi connectivity index (χ4n) is 3.26. The summed E-state index contributed by atoms with van der Waals surface area (Å²) in [6.07, 6.45) is 5.68. The standard InChI is InChI=1S/C17H26N4O2/c1-11(2)17(23)21-8-7-20-10-14(19-16(20)12(21)3)9-15(22)18-13-5-4-6-13/h10-13H,4-9H2,1-3H3,(H,18,22)/t12-/m0/s1. The van der Waals surface area contributed by atoms with Crippen molar-refractivity contribution in [2.75, 3.05) is 6.54 Å². The molecule has 3 rings (SSSR count). The molecular formula is C17H26N4O2. The van der Waals surface area contributed by atoms with E-state index in [4.69, 9.17) is 0 Å². The van der Waals surface area contributed by atoms with Gasteiger partial charge in [0.25, 0.3) is 0 Å². The zero-order valence-electron chi connectivity index (χ0n) is 14.2. The molecule has 6 nitrogen and oxygen atoms in total. The second-order valence-corrected chi connectivity index (χ2v) is 7.02. The van der Waals surface area contributed by atoms with Gasteiger partial charge in [0.15, 0.2) is 0 Å². The second kappa shape index (κ2) is 6.34. The van der Waals surface area contributed by atoms with Gasteiger partial charge >= 0.3 is 0 Å². The molecule has 1 aromatic heterocycles. The molecule has 0 spiro atoms. The van der Waals surface area contributed by atoms with Crippen molar-refractivity contribution in [1.29, 1.82) is 0 Å². The van der Waals surface area contributed by atoms with Crippen molar-refractivity contribution in [3.63, 3.8) is 0 Å². The molecule has 1 fully saturated rings. The first-order valence-electron chi connectivity index (χ1n) is 8.61. The summed E-state index contributed by atoms with van der Waals surface area (Å²) in [6.45, 7) is 7.31. The molecule has 2 aliphatic rings. The normalized spacial score (nSPS) is 21.0. The third-order valence-electron chi connectivity index (χ3n) is 4.87. The van der Waals surface area contributed by atoms with Crippen molar-refractivity contribution < 1.29 is 9.59 Å². The first-order chi connectivity index (χ1) is 11.0. The maximum Gasteiger partial charge on any atom is 0.226 e. The van der Waals surface area contributed by atoms with Crippen LogP contribution in [0.4, 0.5) is 0 Å². The van der Waals surface area contributed by atoms with Crippen LogP contribution in [0, 0.1) is 5.92 Å². The maximum absolute atomic E-state index is 12.3. The summed E-state index contributed by atoms with van der Waals surface area (Å²) in [5.74, 6) is 1.09. The van der Waals surface area contributed by atoms with Gasteiger partial charge in [-0.15, -0.1) is 0 Å². The third kappa shape index (κ3) is 3.26. The minimum atomic E-state index is -0.0397. The van der Waals surface area contributed by atoms with Crippen molar-refractivity contribution >= 4 is 11.8 Å². The fraction of sp³-hybridized carbons (Fsp3) is 0.706. The molecule has 2 heterocycles. The summed E-state index contributed by atoms with van der Waals surface area (Å²) >= 11 is 0. The molecule has 1 aliphatic heterocycles. The molecule has 1 N–H and O–H groups in total. The molecular weight excluding hydrogens is 292 g/mol. The first-order valence-corrected chi connectivity index (χ1v) is 8.61. The Morgan fingerprint density at radius 2 is 2.09 bits per heavy atom. The molecule has 6 heteroatoms. The van der Waals surface area contributed by atoms with Crippen LogP contribution in [0.15, 0.2) is 6.20 Å². The van der Waals surface area contributed by atoms with Gasteiger partial charge in [-0.3, -0.25) is 9.59 Å². The Morgan fingerprint density at radius 3 is 2.70 bits per heavy atom. The molecule has 0 aromatic carbocycles. The van der Waals surface area contributed by atoms with Crippen molar-refractivity contribution in [3.05, 3.63) is 17.7 Å². The number of aromatic nitrogens is 2. The van der Waals surface area contributed by atoms with Crippen LogP contribution >= 0.6 is 0 Å². The Kier molecular flexibility index (Phi) is 4.41. The van der Waals surface area contributed by atoms with Crippen LogP contribution < -0.4 is 5.32 Å². The van der Waals surface area contributed by atoms with Crippen molar-refractivity contribution in [1.82, 2.24) is 19.8 Å². The van der Waals surface area contributed by atoms with Gasteiger partial charge in [0.05, 0.1) is 18.2 Å². The number of amides is 2. The number of carbonyl (C=O) groups excluding carboxylic acids is 2. The average molecular weight is 318 g/mol. The SMILES string of the molecule is CC(C)C(=O)N1CCn2cc(CC(=O)NC3CCC3)nc2[C@@H]1C. The quantitative estimate of drug-likeness (QED) is 0.918. The van der Waals surface area contributed by atoms with Crippen LogP contribution in [0.1, 0.15) is 57.6 Å². The van der Waals surface area contributed by atoms with Gasteiger partial charge in [0, 0.05) is 31.2 Å². The lowest BCUT2D eigenvalue weighted by Crippen LogP contribution is -2.42. The molecule has 1 aromatic rings. The van der Waals surface area contributed by atoms with E-state index in [9.17, 15) is 9.59 Å². The fourth-order valence-corrected chi connectivity index (χ4v) is 3.26. The summed E-state index contributed by atoms with van der Waals surface area (Å²) in [6, 6.07) is 0.319. The molecule has 1 aliphatic carbocycles. The minimum absolute atomic E-state index is 0.00770. The van der Waals surface area contributed by atoms with Crippen molar-refractivity contribution in [2.24, 2.45) is 5.92 Å². The number of imidazole rings is 1. The van der Waals surface area contributed by atoms with E-state index in [1.165, 1.54) is 6.42 Å². The highest BCUT2D eigenvalue weighted by Crippen LogP contribution is 2.26. The van der Waals surface area contributed by atoms with Crippen molar-refractivity contribution in [3.8, 4) is 0 Å². The largest absolute Gasteiger partial charge is 0.353 e. The number of hydrogen-bond acceptors (Lipinski definition) is 3. The molecule has 0 saturated heterocycles. The average Bonchev–Trinajstić information content (AvgIpc) is 2.86. The minimum Gasteiger partial charge on any atom is -0.353 e. The van der Waals surface area contributed by atoms with E-state index in [1.807, 2.05) is 31.9 Å². The number of nitrogens with one attached hydrogen (secondary N) is 1. The van der Waals surface area contributed by atoms with Gasteiger partial charge in [-0.2, -0.15) is 0 Å². The highest BCUT2D eigenvalue weighted by Gasteiger charge is 2.31. The number of carbonyl (C=O) groups is 2. The summed E-state index contributed by atoms with van der Waals surface area (Å²) in [5.41, 5.74) is 0.794. The van der Waals surface area contributed by atoms with Gasteiger partial charge in [0.1, 0.15) is 5.82 Å². The van der Waals surface area contributed by atoms with E-state index < -0.39 is 0 Å². The van der Waals surface area contributed by atoms with Gasteiger partial charge in [-0.25, -0.2) is 4.98 Å². The third-order valence-corrected chi connectivity index (χ3v) is 4.87. The van der Waals surface area contributed by atoms with Crippen LogP contribution in [0.25, 0.3) is 0 Å². The van der Waals surface area contributed by atoms with E-state index in [0.717, 1.165) is 30.9 Å². The highest BCUT2D eigenvalue weighted by molar-refractivity contribution is 5.79. The lowest BCUT2D eigenvalue weighted by molar-refractivity contribution is -0.137. The predicted molar refractivity (Wildman–Crippen MR) is 86.7 cm³/mol. The molecule has 1 atom stereocenters. The van der Waals surface area contributed by atoms with Crippen LogP contribution in [0.3, 0.4) is 0 Å². The van der Waals surface area contributed by atoms with Crippen molar-refractivity contribution in [2.45, 2.75) is 65.1 Å². The molecule has 0 radical (unpaired) electrons. The Bertz CT molecular complexity index is 604. The number of hydrogen-bond donors (Lipinski definition) is 1. The topological polar surface area (TPSA) is 67.2 Å². The molecule has 126 valence electrons. The van der Waals surface area contributed by atoms with Gasteiger partial charge in [-0.1, -0.05) is 13.8 Å². The Morgan fingerprint density at radius 1 is 1.35 bits per heavy atom. The molecule has 0 bridgehead atoms. The summed E-state index contributed by atoms with van der Waals surface area (Å²) < 4.78 is 2.08. The number of rotatable bonds is 4. The van der Waals surface area contributed by atoms with E-state index in [2.05, 4.69) is 14.9 Å². The molecule has 0 unspecified atom stereocenters. The van der Waals surface area contributed by atoms with E-state index in [1.54, 1.807) is 0 Å². The first kappa shape index (κ1) is 16.0. The Balaban J connectivity index is 1.67. The van der Waals surface area contributed by atoms with E-state index >= 15 is 0 Å². The van der Waals surface area contributed by atoms with Gasteiger partial charge in [0.2, 0.25) is 11.8 Å².